The molecule has 1 aliphatic heterocycles. The second-order valence-corrected chi connectivity index (χ2v) is 5.98. The highest BCUT2D eigenvalue weighted by Crippen LogP contribution is 2.19. The molecule has 3 rings (SSSR count). The zero-order chi connectivity index (χ0) is 15.7. The van der Waals surface area contributed by atoms with Crippen molar-refractivity contribution in [3.63, 3.8) is 0 Å². The number of carbonyl (C=O) groups excluding carboxylic acids is 1. The van der Waals surface area contributed by atoms with Crippen molar-refractivity contribution in [2.24, 2.45) is 12.8 Å². The van der Waals surface area contributed by atoms with Gasteiger partial charge in [-0.15, -0.1) is 12.4 Å². The summed E-state index contributed by atoms with van der Waals surface area (Å²) in [4.78, 5) is 26.8. The predicted molar refractivity (Wildman–Crippen MR) is 94.2 cm³/mol. The average Bonchev–Trinajstić information content (AvgIpc) is 2.75. The molecule has 2 N–H and O–H groups in total. The number of para-hydroxylation sites is 1. The van der Waals surface area contributed by atoms with E-state index in [2.05, 4.69) is 0 Å². The molecule has 124 valence electrons. The maximum atomic E-state index is 12.9. The van der Waals surface area contributed by atoms with Gasteiger partial charge < -0.3 is 15.2 Å². The Balaban J connectivity index is 0.00000192. The number of hydrogen-bond donors (Lipinski definition) is 1. The van der Waals surface area contributed by atoms with Crippen molar-refractivity contribution in [3.05, 3.63) is 46.2 Å². The lowest BCUT2D eigenvalue weighted by atomic mass is 10.1. The van der Waals surface area contributed by atoms with Gasteiger partial charge in [0.25, 0.3) is 11.5 Å². The zero-order valence-electron chi connectivity index (χ0n) is 13.2. The SMILES string of the molecule is Cl.Cn1c(=O)cc(C(=O)N2CCCCC(N)C2)c2ccccc21. The third kappa shape index (κ3) is 3.41. The topological polar surface area (TPSA) is 68.3 Å². The van der Waals surface area contributed by atoms with Crippen LogP contribution in [0.25, 0.3) is 10.9 Å². The van der Waals surface area contributed by atoms with Crippen molar-refractivity contribution in [2.75, 3.05) is 13.1 Å². The Morgan fingerprint density at radius 2 is 2.00 bits per heavy atom. The number of hydrogen-bond acceptors (Lipinski definition) is 3. The van der Waals surface area contributed by atoms with Crippen LogP contribution in [0.4, 0.5) is 0 Å². The predicted octanol–water partition coefficient (Wildman–Crippen LogP) is 1.91. The number of aryl methyl sites for hydroxylation is 1. The van der Waals surface area contributed by atoms with Crippen LogP contribution >= 0.6 is 12.4 Å². The van der Waals surface area contributed by atoms with E-state index in [4.69, 9.17) is 5.73 Å². The molecular formula is C17H22ClN3O2. The molecule has 6 heteroatoms. The number of likely N-dealkylation sites (tertiary alicyclic amines) is 1. The van der Waals surface area contributed by atoms with E-state index in [-0.39, 0.29) is 29.9 Å². The monoisotopic (exact) mass is 335 g/mol. The second-order valence-electron chi connectivity index (χ2n) is 5.98. The normalized spacial score (nSPS) is 18.3. The average molecular weight is 336 g/mol. The fraction of sp³-hybridized carbons (Fsp3) is 0.412. The Hall–Kier alpha value is -1.85. The summed E-state index contributed by atoms with van der Waals surface area (Å²) >= 11 is 0. The maximum absolute atomic E-state index is 12.9. The van der Waals surface area contributed by atoms with Gasteiger partial charge in [-0.2, -0.15) is 0 Å². The molecule has 0 saturated carbocycles. The van der Waals surface area contributed by atoms with E-state index in [9.17, 15) is 9.59 Å². The summed E-state index contributed by atoms with van der Waals surface area (Å²) in [5, 5.41) is 0.812. The van der Waals surface area contributed by atoms with Gasteiger partial charge in [-0.3, -0.25) is 9.59 Å². The highest BCUT2D eigenvalue weighted by molar-refractivity contribution is 6.06. The Morgan fingerprint density at radius 3 is 2.78 bits per heavy atom. The van der Waals surface area contributed by atoms with Crippen LogP contribution in [-0.4, -0.2) is 34.5 Å². The lowest BCUT2D eigenvalue weighted by Crippen LogP contribution is -2.40. The molecular weight excluding hydrogens is 314 g/mol. The summed E-state index contributed by atoms with van der Waals surface area (Å²) in [5.41, 5.74) is 7.14. The first-order valence-corrected chi connectivity index (χ1v) is 7.71. The molecule has 0 radical (unpaired) electrons. The number of nitrogens with zero attached hydrogens (tertiary/aromatic N) is 2. The number of benzene rings is 1. The standard InChI is InChI=1S/C17H21N3O2.ClH/c1-19-15-8-3-2-7-13(15)14(10-16(19)21)17(22)20-9-5-4-6-12(18)11-20;/h2-3,7-8,10,12H,4-6,9,11,18H2,1H3;1H. The molecule has 1 unspecified atom stereocenters. The number of amides is 1. The van der Waals surface area contributed by atoms with E-state index in [1.54, 1.807) is 16.5 Å². The second kappa shape index (κ2) is 7.15. The fourth-order valence-corrected chi connectivity index (χ4v) is 3.12. The molecule has 1 aromatic carbocycles. The van der Waals surface area contributed by atoms with E-state index in [0.717, 1.165) is 30.2 Å². The fourth-order valence-electron chi connectivity index (χ4n) is 3.12. The summed E-state index contributed by atoms with van der Waals surface area (Å²) in [5.74, 6) is -0.0914. The summed E-state index contributed by atoms with van der Waals surface area (Å²) in [6, 6.07) is 8.97. The molecule has 1 amide bonds. The first-order chi connectivity index (χ1) is 10.6. The first-order valence-electron chi connectivity index (χ1n) is 7.71. The van der Waals surface area contributed by atoms with Crippen LogP contribution in [0.15, 0.2) is 35.1 Å². The van der Waals surface area contributed by atoms with Crippen molar-refractivity contribution in [1.29, 1.82) is 0 Å². The third-order valence-corrected chi connectivity index (χ3v) is 4.38. The Morgan fingerprint density at radius 1 is 1.26 bits per heavy atom. The Bertz CT molecular complexity index is 772. The summed E-state index contributed by atoms with van der Waals surface area (Å²) in [6.45, 7) is 1.26. The van der Waals surface area contributed by atoms with Crippen molar-refractivity contribution in [2.45, 2.75) is 25.3 Å². The minimum absolute atomic E-state index is 0. The van der Waals surface area contributed by atoms with E-state index in [1.807, 2.05) is 24.3 Å². The van der Waals surface area contributed by atoms with Crippen LogP contribution in [0.1, 0.15) is 29.6 Å². The third-order valence-electron chi connectivity index (χ3n) is 4.38. The van der Waals surface area contributed by atoms with Crippen molar-refractivity contribution >= 4 is 29.2 Å². The quantitative estimate of drug-likeness (QED) is 0.865. The lowest BCUT2D eigenvalue weighted by Gasteiger charge is -2.23. The van der Waals surface area contributed by atoms with Gasteiger partial charge in [-0.25, -0.2) is 0 Å². The minimum atomic E-state index is -0.166. The molecule has 1 atom stereocenters. The number of rotatable bonds is 1. The van der Waals surface area contributed by atoms with Crippen molar-refractivity contribution in [3.8, 4) is 0 Å². The first kappa shape index (κ1) is 17.5. The number of aromatic nitrogens is 1. The van der Waals surface area contributed by atoms with Gasteiger partial charge in [0, 0.05) is 37.6 Å². The summed E-state index contributed by atoms with van der Waals surface area (Å²) in [6.07, 6.45) is 2.95. The van der Waals surface area contributed by atoms with E-state index in [0.29, 0.717) is 18.7 Å². The largest absolute Gasteiger partial charge is 0.337 e. The van der Waals surface area contributed by atoms with Gasteiger partial charge in [0.05, 0.1) is 11.1 Å². The zero-order valence-corrected chi connectivity index (χ0v) is 14.0. The van der Waals surface area contributed by atoms with Gasteiger partial charge in [0.15, 0.2) is 0 Å². The van der Waals surface area contributed by atoms with Crippen LogP contribution in [0.3, 0.4) is 0 Å². The van der Waals surface area contributed by atoms with E-state index in [1.165, 1.54) is 6.07 Å². The molecule has 2 aromatic rings. The van der Waals surface area contributed by atoms with Gasteiger partial charge in [0.2, 0.25) is 0 Å². The number of carbonyl (C=O) groups is 1. The molecule has 2 heterocycles. The highest BCUT2D eigenvalue weighted by Gasteiger charge is 2.23. The number of halogens is 1. The molecule has 0 aliphatic carbocycles. The molecule has 1 fully saturated rings. The molecule has 1 saturated heterocycles. The Kier molecular flexibility index (Phi) is 5.44. The molecule has 5 nitrogen and oxygen atoms in total. The number of nitrogens with two attached hydrogens (primary N) is 1. The molecule has 0 spiro atoms. The number of pyridine rings is 1. The van der Waals surface area contributed by atoms with E-state index >= 15 is 0 Å². The smallest absolute Gasteiger partial charge is 0.254 e. The van der Waals surface area contributed by atoms with Crippen molar-refractivity contribution in [1.82, 2.24) is 9.47 Å². The molecule has 1 aromatic heterocycles. The summed E-state index contributed by atoms with van der Waals surface area (Å²) in [7, 11) is 1.72. The van der Waals surface area contributed by atoms with Crippen LogP contribution in [0.5, 0.6) is 0 Å². The van der Waals surface area contributed by atoms with Gasteiger partial charge in [0.1, 0.15) is 0 Å². The number of fused-ring (bicyclic) bond motifs is 1. The van der Waals surface area contributed by atoms with E-state index < -0.39 is 0 Å². The van der Waals surface area contributed by atoms with Gasteiger partial charge in [-0.1, -0.05) is 24.6 Å². The molecule has 1 aliphatic rings. The van der Waals surface area contributed by atoms with Crippen LogP contribution < -0.4 is 11.3 Å². The molecule has 23 heavy (non-hydrogen) atoms. The van der Waals surface area contributed by atoms with Gasteiger partial charge in [-0.05, 0) is 18.9 Å². The highest BCUT2D eigenvalue weighted by atomic mass is 35.5. The Labute approximate surface area is 141 Å². The van der Waals surface area contributed by atoms with Crippen LogP contribution in [-0.2, 0) is 7.05 Å². The van der Waals surface area contributed by atoms with Crippen LogP contribution in [0, 0.1) is 0 Å². The molecule has 0 bridgehead atoms. The maximum Gasteiger partial charge on any atom is 0.254 e. The van der Waals surface area contributed by atoms with Crippen molar-refractivity contribution < 1.29 is 4.79 Å². The minimum Gasteiger partial charge on any atom is -0.337 e. The summed E-state index contributed by atoms with van der Waals surface area (Å²) < 4.78 is 1.57. The van der Waals surface area contributed by atoms with Crippen LogP contribution in [0.2, 0.25) is 0 Å². The van der Waals surface area contributed by atoms with Gasteiger partial charge >= 0.3 is 0 Å². The lowest BCUT2D eigenvalue weighted by molar-refractivity contribution is 0.0757.